The zero-order valence-corrected chi connectivity index (χ0v) is 28.9. The van der Waals surface area contributed by atoms with Crippen molar-refractivity contribution in [2.75, 3.05) is 4.90 Å². The van der Waals surface area contributed by atoms with E-state index < -0.39 is 54.4 Å². The highest BCUT2D eigenvalue weighted by Crippen LogP contribution is 2.47. The second kappa shape index (κ2) is 13.4. The van der Waals surface area contributed by atoms with Crippen molar-refractivity contribution in [1.29, 1.82) is 0 Å². The number of rotatable bonds is 7. The van der Waals surface area contributed by atoms with Gasteiger partial charge in [0.1, 0.15) is 11.2 Å². The van der Waals surface area contributed by atoms with Crippen LogP contribution in [-0.4, -0.2) is 0 Å². The molecule has 0 amide bonds. The standard InChI is InChI=1S/C52H35NO/c1-4-15-36(16-5-1)38-27-31-41(32-28-38)53(42-33-29-39(30-34-42)37-17-6-2-7-18-37)49-25-14-26-50-51(49)48-35-47(45-23-12-13-24-46(45)52(48)54-50)44-22-11-10-21-43(44)40-19-8-3-9-20-40/h1-35H/i3D,8D,9D,10D,11D,19D,20D,21D,22D. The van der Waals surface area contributed by atoms with E-state index in [1.54, 1.807) is 0 Å². The summed E-state index contributed by atoms with van der Waals surface area (Å²) >= 11 is 0. The lowest BCUT2D eigenvalue weighted by atomic mass is 9.90. The van der Waals surface area contributed by atoms with E-state index in [1.165, 1.54) is 0 Å². The Bertz CT molecular complexity index is 3310. The number of hydrogen-bond donors (Lipinski definition) is 0. The molecule has 0 aliphatic heterocycles. The van der Waals surface area contributed by atoms with Crippen LogP contribution in [0, 0.1) is 0 Å². The van der Waals surface area contributed by atoms with Crippen molar-refractivity contribution < 1.29 is 16.8 Å². The molecule has 0 aliphatic rings. The van der Waals surface area contributed by atoms with Gasteiger partial charge in [0.15, 0.2) is 0 Å². The van der Waals surface area contributed by atoms with Gasteiger partial charge in [0.2, 0.25) is 0 Å². The normalized spacial score (nSPS) is 13.7. The van der Waals surface area contributed by atoms with Gasteiger partial charge in [-0.15, -0.1) is 0 Å². The third kappa shape index (κ3) is 5.53. The molecule has 0 aliphatic carbocycles. The highest BCUT2D eigenvalue weighted by Gasteiger charge is 2.22. The van der Waals surface area contributed by atoms with Crippen LogP contribution in [0.25, 0.3) is 77.2 Å². The van der Waals surface area contributed by atoms with Crippen molar-refractivity contribution in [1.82, 2.24) is 0 Å². The largest absolute Gasteiger partial charge is 0.455 e. The first-order valence-corrected chi connectivity index (χ1v) is 17.7. The summed E-state index contributed by atoms with van der Waals surface area (Å²) in [5.74, 6) is 0. The van der Waals surface area contributed by atoms with Crippen molar-refractivity contribution in [2.24, 2.45) is 0 Å². The quantitative estimate of drug-likeness (QED) is 0.165. The molecular weight excluding hydrogens is 655 g/mol. The highest BCUT2D eigenvalue weighted by molar-refractivity contribution is 6.23. The van der Waals surface area contributed by atoms with Gasteiger partial charge in [0.25, 0.3) is 0 Å². The minimum Gasteiger partial charge on any atom is -0.455 e. The summed E-state index contributed by atoms with van der Waals surface area (Å²) in [5.41, 5.74) is 7.88. The molecule has 0 N–H and O–H groups in total. The average Bonchev–Trinajstić information content (AvgIpc) is 3.72. The van der Waals surface area contributed by atoms with E-state index in [9.17, 15) is 2.74 Å². The number of benzene rings is 9. The molecule has 0 saturated heterocycles. The Morgan fingerprint density at radius 3 is 1.56 bits per heavy atom. The SMILES string of the molecule is [2H]c1c([2H])c([2H])c(-c2c([2H])c([2H])c([2H])c([2H])c2-c2cc3c(oc4cccc(N(c5ccc(-c6ccccc6)cc5)c5ccc(-c6ccccc6)cc5)c43)c3ccccc23)c([2H])c1[2H]. The Morgan fingerprint density at radius 2 is 0.926 bits per heavy atom. The Labute approximate surface area is 327 Å². The molecule has 254 valence electrons. The molecule has 0 fully saturated rings. The van der Waals surface area contributed by atoms with Gasteiger partial charge in [-0.2, -0.15) is 0 Å². The number of furan rings is 1. The third-order valence-electron chi connectivity index (χ3n) is 9.89. The van der Waals surface area contributed by atoms with E-state index in [0.717, 1.165) is 44.7 Å². The van der Waals surface area contributed by atoms with E-state index in [2.05, 4.69) is 77.7 Å². The maximum Gasteiger partial charge on any atom is 0.143 e. The maximum absolute atomic E-state index is 9.38. The summed E-state index contributed by atoms with van der Waals surface area (Å²) in [6, 6.07) is 47.2. The lowest BCUT2D eigenvalue weighted by molar-refractivity contribution is 0.672. The van der Waals surface area contributed by atoms with E-state index in [1.807, 2.05) is 84.9 Å². The second-order valence-electron chi connectivity index (χ2n) is 13.0. The predicted octanol–water partition coefficient (Wildman–Crippen LogP) is 14.9. The molecule has 0 atom stereocenters. The molecule has 2 heteroatoms. The first kappa shape index (κ1) is 23.4. The van der Waals surface area contributed by atoms with Crippen molar-refractivity contribution in [2.45, 2.75) is 0 Å². The van der Waals surface area contributed by atoms with E-state index in [-0.39, 0.29) is 16.7 Å². The molecule has 1 heterocycles. The minimum atomic E-state index is -0.608. The van der Waals surface area contributed by atoms with Crippen LogP contribution >= 0.6 is 0 Å². The molecule has 10 aromatic rings. The molecule has 0 unspecified atom stereocenters. The summed E-state index contributed by atoms with van der Waals surface area (Å²) < 4.78 is 85.9. The zero-order valence-electron chi connectivity index (χ0n) is 37.9. The topological polar surface area (TPSA) is 16.4 Å². The van der Waals surface area contributed by atoms with Crippen molar-refractivity contribution in [3.05, 3.63) is 212 Å². The monoisotopic (exact) mass is 698 g/mol. The van der Waals surface area contributed by atoms with Crippen LogP contribution in [0.3, 0.4) is 0 Å². The molecule has 9 aromatic carbocycles. The van der Waals surface area contributed by atoms with Gasteiger partial charge in [-0.3, -0.25) is 0 Å². The molecule has 10 rings (SSSR count). The fourth-order valence-corrected chi connectivity index (χ4v) is 7.39. The summed E-state index contributed by atoms with van der Waals surface area (Å²) in [4.78, 5) is 2.17. The molecule has 2 nitrogen and oxygen atoms in total. The lowest BCUT2D eigenvalue weighted by Gasteiger charge is -2.26. The van der Waals surface area contributed by atoms with E-state index in [4.69, 9.17) is 14.0 Å². The number of anilines is 3. The summed E-state index contributed by atoms with van der Waals surface area (Å²) in [5, 5.41) is 2.65. The zero-order chi connectivity index (χ0) is 43.7. The third-order valence-corrected chi connectivity index (χ3v) is 9.89. The van der Waals surface area contributed by atoms with Gasteiger partial charge >= 0.3 is 0 Å². The summed E-state index contributed by atoms with van der Waals surface area (Å²) in [6.07, 6.45) is 0. The Morgan fingerprint density at radius 1 is 0.389 bits per heavy atom. The minimum absolute atomic E-state index is 0.00863. The average molecular weight is 699 g/mol. The fraction of sp³-hybridized carbons (Fsp3) is 0. The van der Waals surface area contributed by atoms with Gasteiger partial charge in [-0.1, -0.05) is 170 Å². The molecule has 1 aromatic heterocycles. The van der Waals surface area contributed by atoms with E-state index in [0.29, 0.717) is 32.9 Å². The van der Waals surface area contributed by atoms with Gasteiger partial charge < -0.3 is 9.32 Å². The summed E-state index contributed by atoms with van der Waals surface area (Å²) in [6.45, 7) is 0. The van der Waals surface area contributed by atoms with Gasteiger partial charge in [0.05, 0.1) is 23.4 Å². The molecular formula is C52H35NO. The second-order valence-corrected chi connectivity index (χ2v) is 13.0. The molecule has 0 saturated carbocycles. The van der Waals surface area contributed by atoms with E-state index >= 15 is 0 Å². The first-order chi connectivity index (χ1) is 30.5. The molecule has 0 bridgehead atoms. The first-order valence-electron chi connectivity index (χ1n) is 22.2. The van der Waals surface area contributed by atoms with Crippen LogP contribution in [0.15, 0.2) is 217 Å². The maximum atomic E-state index is 9.38. The van der Waals surface area contributed by atoms with Crippen LogP contribution in [-0.2, 0) is 0 Å². The fourth-order valence-electron chi connectivity index (χ4n) is 7.39. The highest BCUT2D eigenvalue weighted by atomic mass is 16.3. The summed E-state index contributed by atoms with van der Waals surface area (Å²) in [7, 11) is 0. The Hall–Kier alpha value is -7.16. The van der Waals surface area contributed by atoms with Crippen molar-refractivity contribution in [3.63, 3.8) is 0 Å². The van der Waals surface area contributed by atoms with Crippen LogP contribution < -0.4 is 4.90 Å². The molecule has 0 spiro atoms. The van der Waals surface area contributed by atoms with Crippen LogP contribution in [0.5, 0.6) is 0 Å². The van der Waals surface area contributed by atoms with Crippen LogP contribution in [0.1, 0.15) is 12.3 Å². The van der Waals surface area contributed by atoms with Crippen molar-refractivity contribution in [3.8, 4) is 44.5 Å². The van der Waals surface area contributed by atoms with Gasteiger partial charge in [-0.05, 0) is 92.4 Å². The number of nitrogens with zero attached hydrogens (tertiary/aromatic N) is 1. The van der Waals surface area contributed by atoms with Crippen molar-refractivity contribution >= 4 is 49.8 Å². The smallest absolute Gasteiger partial charge is 0.143 e. The molecule has 54 heavy (non-hydrogen) atoms. The van der Waals surface area contributed by atoms with Crippen LogP contribution in [0.4, 0.5) is 17.1 Å². The Balaban J connectivity index is 1.27. The Kier molecular flexibility index (Phi) is 5.82. The van der Waals surface area contributed by atoms with Gasteiger partial charge in [-0.25, -0.2) is 0 Å². The lowest BCUT2D eigenvalue weighted by Crippen LogP contribution is -2.10. The van der Waals surface area contributed by atoms with Gasteiger partial charge in [0, 0.05) is 22.1 Å². The number of hydrogen-bond acceptors (Lipinski definition) is 2. The predicted molar refractivity (Wildman–Crippen MR) is 228 cm³/mol. The number of fused-ring (bicyclic) bond motifs is 5. The molecule has 0 radical (unpaired) electrons. The van der Waals surface area contributed by atoms with Crippen LogP contribution in [0.2, 0.25) is 0 Å².